The van der Waals surface area contributed by atoms with E-state index in [1.165, 1.54) is 42.6 Å². The number of nitrogens with one attached hydrogen (secondary N) is 6. The van der Waals surface area contributed by atoms with Crippen molar-refractivity contribution in [1.29, 1.82) is 0 Å². The Morgan fingerprint density at radius 3 is 1.74 bits per heavy atom. The molecule has 0 radical (unpaired) electrons. The molecule has 4 bridgehead atoms. The number of nitrogens with zero attached hydrogens (tertiary/aromatic N) is 6. The zero-order valence-corrected chi connectivity index (χ0v) is 57.3. The minimum absolute atomic E-state index is 0.00157. The van der Waals surface area contributed by atoms with Crippen LogP contribution in [0.4, 0.5) is 5.95 Å². The number of pyridine rings is 1. The van der Waals surface area contributed by atoms with Gasteiger partial charge in [0.25, 0.3) is 5.91 Å². The number of aryl methyl sites for hydroxylation is 1. The number of H-pyrrole nitrogens is 1. The number of aromatic nitrogens is 3. The molecule has 3 aliphatic heterocycles. The number of aliphatic carboxylic acids is 1. The second-order valence-corrected chi connectivity index (χ2v) is 31.6. The Morgan fingerprint density at radius 2 is 1.21 bits per heavy atom. The molecule has 7 N–H and O–H groups in total. The van der Waals surface area contributed by atoms with Gasteiger partial charge in [-0.1, -0.05) is 30.3 Å². The van der Waals surface area contributed by atoms with E-state index in [-0.39, 0.29) is 106 Å². The van der Waals surface area contributed by atoms with Crippen LogP contribution in [0.15, 0.2) is 99.9 Å². The second kappa shape index (κ2) is 31.4. The summed E-state index contributed by atoms with van der Waals surface area (Å²) in [4.78, 5) is 98.7. The number of fused-ring (bicyclic) bond motifs is 8. The third-order valence-electron chi connectivity index (χ3n) is 16.7. The first-order valence-electron chi connectivity index (χ1n) is 30.1. The molecule has 3 aromatic carbocycles. The predicted octanol–water partition coefficient (Wildman–Crippen LogP) is -1.02. The summed E-state index contributed by atoms with van der Waals surface area (Å²) >= 11 is -4.30. The number of likely N-dealkylation sites (N-methyl/N-ethyl adjacent to an activating group) is 4. The van der Waals surface area contributed by atoms with Crippen LogP contribution in [-0.2, 0) is 80.4 Å². The van der Waals surface area contributed by atoms with Crippen molar-refractivity contribution < 1.29 is 91.4 Å². The van der Waals surface area contributed by atoms with Gasteiger partial charge in [0, 0.05) is 57.3 Å². The molecular formula is C59H83InN12O18S2+4. The van der Waals surface area contributed by atoms with Crippen LogP contribution in [0.3, 0.4) is 0 Å². The molecule has 30 nitrogen and oxygen atoms in total. The van der Waals surface area contributed by atoms with Crippen LogP contribution < -0.4 is 30.8 Å². The van der Waals surface area contributed by atoms with Crippen molar-refractivity contribution in [3.05, 3.63) is 107 Å². The molecule has 3 aliphatic rings. The van der Waals surface area contributed by atoms with Crippen LogP contribution in [0, 0.1) is 0 Å². The fourth-order valence-corrected chi connectivity index (χ4v) is 16.0. The SMILES string of the molecule is Cn1cc(C(=O)NC[C@H](NS(=O)(=O)c2ccc(-c3ccc(S(=O)(=O)NCCCOCCOCCOCCNC(=O)C[N+]4(C)CC[N+]5(C)CC[N+]6(C)CC[N+](C)(CC4)CC(=O)[O][In]([O]C(=O)C5)[O]C(=O)C6)cc3)cc2)C(=O)O)c(=O)c2ccc(CNc3ncc[nH]3)cc21. The van der Waals surface area contributed by atoms with Crippen molar-refractivity contribution in [1.82, 2.24) is 34.6 Å². The maximum Gasteiger partial charge on any atom is 0.323 e. The summed E-state index contributed by atoms with van der Waals surface area (Å²) in [6.07, 6.45) is 4.98. The van der Waals surface area contributed by atoms with Crippen molar-refractivity contribution in [2.45, 2.75) is 28.8 Å². The van der Waals surface area contributed by atoms with Gasteiger partial charge in [0.2, 0.25) is 25.5 Å². The van der Waals surface area contributed by atoms with Crippen molar-refractivity contribution in [2.24, 2.45) is 7.05 Å². The van der Waals surface area contributed by atoms with Crippen molar-refractivity contribution in [3.8, 4) is 11.1 Å². The maximum absolute atomic E-state index is 13.5. The molecular weight excluding hydrogens is 1340 g/mol. The fourth-order valence-electron chi connectivity index (χ4n) is 10.8. The van der Waals surface area contributed by atoms with Gasteiger partial charge >= 0.3 is 223 Å². The molecule has 0 saturated carbocycles. The van der Waals surface area contributed by atoms with E-state index in [2.05, 4.69) is 35.4 Å². The van der Waals surface area contributed by atoms with Gasteiger partial charge in [0.05, 0.1) is 41.7 Å². The summed E-state index contributed by atoms with van der Waals surface area (Å²) in [6, 6.07) is 14.7. The Morgan fingerprint density at radius 1 is 0.685 bits per heavy atom. The number of aromatic amines is 1. The zero-order valence-electron chi connectivity index (χ0n) is 52.4. The van der Waals surface area contributed by atoms with Gasteiger partial charge in [0.15, 0.2) is 5.95 Å². The Labute approximate surface area is 543 Å². The molecule has 3 fully saturated rings. The predicted molar refractivity (Wildman–Crippen MR) is 334 cm³/mol. The quantitative estimate of drug-likeness (QED) is 0.0233. The molecule has 0 aliphatic carbocycles. The van der Waals surface area contributed by atoms with Gasteiger partial charge in [-0.15, -0.1) is 0 Å². The molecule has 92 heavy (non-hydrogen) atoms. The molecule has 0 spiro atoms. The summed E-state index contributed by atoms with van der Waals surface area (Å²) in [5, 5.41) is 18.6. The molecule has 33 heteroatoms. The van der Waals surface area contributed by atoms with E-state index in [9.17, 15) is 55.5 Å². The van der Waals surface area contributed by atoms with Crippen LogP contribution >= 0.6 is 0 Å². The maximum atomic E-state index is 13.5. The number of hydrogen-bond acceptors (Lipinski definition) is 19. The van der Waals surface area contributed by atoms with Crippen LogP contribution in [0.5, 0.6) is 0 Å². The number of imidazole rings is 1. The minimum atomic E-state index is -4.45. The second-order valence-electron chi connectivity index (χ2n) is 24.5. The average molecular weight is 1430 g/mol. The summed E-state index contributed by atoms with van der Waals surface area (Å²) in [6.45, 7) is 6.56. The Hall–Kier alpha value is -6.89. The van der Waals surface area contributed by atoms with E-state index in [0.717, 1.165) is 5.56 Å². The molecule has 498 valence electrons. The minimum Gasteiger partial charge on any atom is -0.480 e. The Kier molecular flexibility index (Phi) is 24.2. The number of carboxylic acid groups (broad SMARTS) is 1. The summed E-state index contributed by atoms with van der Waals surface area (Å²) in [5.41, 5.74) is 1.63. The number of quaternary nitrogens is 4. The smallest absolute Gasteiger partial charge is 0.323 e. The fraction of sp³-hybridized carbons (Fsp3) is 0.492. The number of carboxylic acids is 1. The van der Waals surface area contributed by atoms with Gasteiger partial charge in [-0.05, 0) is 59.5 Å². The van der Waals surface area contributed by atoms with Crippen molar-refractivity contribution in [2.75, 3.05) is 171 Å². The number of amides is 2. The molecule has 3 saturated heterocycles. The molecule has 2 aromatic heterocycles. The molecule has 5 heterocycles. The van der Waals surface area contributed by atoms with Gasteiger partial charge in [-0.25, -0.2) is 26.5 Å². The van der Waals surface area contributed by atoms with Gasteiger partial charge in [-0.3, -0.25) is 14.4 Å². The van der Waals surface area contributed by atoms with Crippen molar-refractivity contribution >= 4 is 95.3 Å². The number of sulfonamides is 2. The van der Waals surface area contributed by atoms with E-state index < -0.39 is 90.6 Å². The average Bonchev–Trinajstić information content (AvgIpc) is 0.991. The van der Waals surface area contributed by atoms with E-state index in [1.807, 2.05) is 28.2 Å². The number of rotatable bonds is 28. The molecule has 2 amide bonds. The van der Waals surface area contributed by atoms with Crippen LogP contribution in [0.25, 0.3) is 22.0 Å². The Balaban J connectivity index is 0.696. The van der Waals surface area contributed by atoms with Gasteiger partial charge in [-0.2, -0.15) is 4.72 Å². The summed E-state index contributed by atoms with van der Waals surface area (Å²) in [7, 11) is 1.30. The molecule has 8 rings (SSSR count). The Bertz CT molecular complexity index is 3690. The standard InChI is InChI=1S/C59H82N12O18S2.In/c1-67-38-49(56(79)48-16-7-43(35-51(48)67)36-64-59-61-18-19-62-59)57(80)63-37-50(58(81)82)66-91(85,86)47-14-10-45(11-15-47)44-8-12-46(13-9-44)90(83,84)65-17-6-29-87-31-33-89-34-32-88-30-20-60-52(72)39-68(2)21-23-69(3,40-53(73)74)25-27-71(5,42-55(77)78)28-26-70(4,24-22-68)41-54(75)76;/h7-16,18-19,35,38,50,65-66H,6,17,20-34,36-37,39-42H2,1-5H3,(H4-4,60,61,62,63,64,72,73,74,75,76,77,78,80,81,82);/q;+3/p+1/t50-,68?,69?,70?,71?;/m0./s1. The number of ether oxygens (including phenoxy) is 3. The largest absolute Gasteiger partial charge is 0.480 e. The summed E-state index contributed by atoms with van der Waals surface area (Å²) < 4.78 is 94.3. The monoisotopic (exact) mass is 1430 g/mol. The third kappa shape index (κ3) is 20.3. The number of carbonyl (C=O) groups excluding carboxylic acids is 5. The van der Waals surface area contributed by atoms with E-state index >= 15 is 0 Å². The first kappa shape index (κ1) is 71.0. The number of hydrogen-bond donors (Lipinski definition) is 7. The van der Waals surface area contributed by atoms with Crippen molar-refractivity contribution in [3.63, 3.8) is 0 Å². The zero-order chi connectivity index (χ0) is 66.3. The number of benzene rings is 3. The first-order valence-corrected chi connectivity index (χ1v) is 37.1. The molecule has 5 aromatic rings. The number of anilines is 1. The molecule has 3 atom stereocenters. The summed E-state index contributed by atoms with van der Waals surface area (Å²) in [5.74, 6) is -3.74. The third-order valence-corrected chi connectivity index (χ3v) is 23.6. The normalized spacial score (nSPS) is 22.0. The topological polar surface area (TPSA) is 357 Å². The van der Waals surface area contributed by atoms with E-state index in [0.29, 0.717) is 106 Å². The van der Waals surface area contributed by atoms with Crippen LogP contribution in [0.2, 0.25) is 0 Å². The van der Waals surface area contributed by atoms with E-state index in [1.54, 1.807) is 54.3 Å². The first-order chi connectivity index (χ1) is 43.6. The van der Waals surface area contributed by atoms with Crippen LogP contribution in [0.1, 0.15) is 22.3 Å². The van der Waals surface area contributed by atoms with Gasteiger partial charge < -0.3 is 39.5 Å². The number of carbonyl (C=O) groups is 6. The molecule has 2 unspecified atom stereocenters. The van der Waals surface area contributed by atoms with Crippen LogP contribution in [-0.4, -0.2) is 285 Å². The van der Waals surface area contributed by atoms with Gasteiger partial charge in [0.1, 0.15) is 11.6 Å². The van der Waals surface area contributed by atoms with E-state index in [4.69, 9.17) is 22.8 Å².